The minimum absolute atomic E-state index is 0.200. The Kier molecular flexibility index (Phi) is 6.89. The van der Waals surface area contributed by atoms with Crippen LogP contribution in [0.15, 0.2) is 36.4 Å². The number of aryl methyl sites for hydroxylation is 1. The summed E-state index contributed by atoms with van der Waals surface area (Å²) >= 11 is 0. The molecular formula is C23H23F3N2O5. The van der Waals surface area contributed by atoms with Gasteiger partial charge >= 0.3 is 12.1 Å². The van der Waals surface area contributed by atoms with Crippen molar-refractivity contribution in [3.8, 4) is 5.75 Å². The van der Waals surface area contributed by atoms with Crippen LogP contribution in [0.5, 0.6) is 5.75 Å². The smallest absolute Gasteiger partial charge is 0.419 e. The molecule has 2 aromatic rings. The van der Waals surface area contributed by atoms with Gasteiger partial charge in [-0.2, -0.15) is 13.2 Å². The predicted molar refractivity (Wildman–Crippen MR) is 112 cm³/mol. The van der Waals surface area contributed by atoms with E-state index in [0.717, 1.165) is 17.2 Å². The zero-order valence-corrected chi connectivity index (χ0v) is 18.2. The van der Waals surface area contributed by atoms with Crippen molar-refractivity contribution in [2.24, 2.45) is 5.73 Å². The molecule has 3 rings (SSSR count). The molecule has 0 saturated carbocycles. The van der Waals surface area contributed by atoms with Gasteiger partial charge in [-0.1, -0.05) is 38.1 Å². The molecule has 10 heteroatoms. The van der Waals surface area contributed by atoms with Crippen molar-refractivity contribution in [1.82, 2.24) is 5.06 Å². The minimum atomic E-state index is -5.26. The first-order valence-electron chi connectivity index (χ1n) is 10.2. The molecule has 0 bridgehead atoms. The molecule has 0 saturated heterocycles. The number of carbonyl (C=O) groups excluding carboxylic acids is 3. The number of hydrogen-bond donors (Lipinski definition) is 1. The first kappa shape index (κ1) is 24.4. The van der Waals surface area contributed by atoms with Crippen molar-refractivity contribution in [3.63, 3.8) is 0 Å². The number of rotatable bonds is 7. The van der Waals surface area contributed by atoms with Crippen molar-refractivity contribution in [3.05, 3.63) is 64.2 Å². The highest BCUT2D eigenvalue weighted by atomic mass is 19.4. The van der Waals surface area contributed by atoms with E-state index in [9.17, 15) is 27.6 Å². The molecule has 1 aliphatic heterocycles. The summed E-state index contributed by atoms with van der Waals surface area (Å²) < 4.78 is 41.9. The molecule has 176 valence electrons. The normalized spacial score (nSPS) is 14.6. The zero-order valence-electron chi connectivity index (χ0n) is 18.2. The number of halogens is 3. The Morgan fingerprint density at radius 3 is 2.42 bits per heavy atom. The maximum Gasteiger partial charge on any atom is 0.491 e. The van der Waals surface area contributed by atoms with Crippen LogP contribution < -0.4 is 10.5 Å². The molecule has 1 atom stereocenters. The zero-order chi connectivity index (χ0) is 24.5. The van der Waals surface area contributed by atoms with E-state index in [1.54, 1.807) is 0 Å². The molecule has 1 heterocycles. The standard InChI is InChI=1S/C23H23F3N2O5/c1-12(2)14-7-8-15(13(3)9-14)10-16(27)11-32-28-20(29)17-5-4-6-18(19(17)21(28)30)33-22(31)23(24,25)26/h4-9,12,16H,10-11,27H2,1-3H3. The molecule has 2 amide bonds. The highest BCUT2D eigenvalue weighted by molar-refractivity contribution is 6.22. The molecule has 1 unspecified atom stereocenters. The Balaban J connectivity index is 1.69. The fourth-order valence-corrected chi connectivity index (χ4v) is 3.41. The lowest BCUT2D eigenvalue weighted by Crippen LogP contribution is -2.37. The Morgan fingerprint density at radius 1 is 1.12 bits per heavy atom. The first-order chi connectivity index (χ1) is 15.4. The maximum atomic E-state index is 12.7. The van der Waals surface area contributed by atoms with E-state index in [1.807, 2.05) is 19.1 Å². The van der Waals surface area contributed by atoms with Crippen molar-refractivity contribution < 1.29 is 37.1 Å². The Labute approximate surface area is 188 Å². The monoisotopic (exact) mass is 464 g/mol. The number of ether oxygens (including phenoxy) is 1. The van der Waals surface area contributed by atoms with Gasteiger partial charge in [0.15, 0.2) is 0 Å². The number of nitrogens with two attached hydrogens (primary N) is 1. The van der Waals surface area contributed by atoms with Crippen molar-refractivity contribution >= 4 is 17.8 Å². The fourth-order valence-electron chi connectivity index (χ4n) is 3.41. The Bertz CT molecular complexity index is 1100. The van der Waals surface area contributed by atoms with Crippen LogP contribution in [0, 0.1) is 6.92 Å². The molecule has 0 spiro atoms. The topological polar surface area (TPSA) is 98.9 Å². The Hall–Kier alpha value is -3.24. The van der Waals surface area contributed by atoms with E-state index in [4.69, 9.17) is 10.6 Å². The molecule has 7 nitrogen and oxygen atoms in total. The van der Waals surface area contributed by atoms with Crippen LogP contribution in [0.1, 0.15) is 57.2 Å². The SMILES string of the molecule is Cc1cc(C(C)C)ccc1CC(N)CON1C(=O)c2cccc(OC(=O)C(F)(F)F)c2C1=O. The molecule has 2 aromatic carbocycles. The van der Waals surface area contributed by atoms with Gasteiger partial charge in [0, 0.05) is 6.04 Å². The van der Waals surface area contributed by atoms with Gasteiger partial charge in [-0.15, -0.1) is 5.06 Å². The van der Waals surface area contributed by atoms with E-state index in [1.165, 1.54) is 17.7 Å². The van der Waals surface area contributed by atoms with Gasteiger partial charge in [-0.3, -0.25) is 14.4 Å². The van der Waals surface area contributed by atoms with E-state index in [-0.39, 0.29) is 12.2 Å². The summed E-state index contributed by atoms with van der Waals surface area (Å²) in [6.07, 6.45) is -4.84. The summed E-state index contributed by atoms with van der Waals surface area (Å²) in [6.45, 7) is 5.94. The largest absolute Gasteiger partial charge is 0.491 e. The number of hydrogen-bond acceptors (Lipinski definition) is 6. The third kappa shape index (κ3) is 5.23. The van der Waals surface area contributed by atoms with E-state index in [2.05, 4.69) is 24.7 Å². The number of alkyl halides is 3. The predicted octanol–water partition coefficient (Wildman–Crippen LogP) is 3.68. The van der Waals surface area contributed by atoms with Crippen LogP contribution in [0.4, 0.5) is 13.2 Å². The molecule has 1 aliphatic rings. The number of benzene rings is 2. The fraction of sp³-hybridized carbons (Fsp3) is 0.348. The second kappa shape index (κ2) is 9.32. The Morgan fingerprint density at radius 2 is 1.82 bits per heavy atom. The number of esters is 1. The maximum absolute atomic E-state index is 12.7. The highest BCUT2D eigenvalue weighted by Gasteiger charge is 2.44. The molecule has 33 heavy (non-hydrogen) atoms. The average Bonchev–Trinajstić information content (AvgIpc) is 2.98. The van der Waals surface area contributed by atoms with Crippen molar-refractivity contribution in [2.45, 2.75) is 45.3 Å². The summed E-state index contributed by atoms with van der Waals surface area (Å²) in [5.74, 6) is -4.72. The number of carbonyl (C=O) groups is 3. The molecule has 0 radical (unpaired) electrons. The number of amides is 2. The van der Waals surface area contributed by atoms with E-state index in [0.29, 0.717) is 17.4 Å². The van der Waals surface area contributed by atoms with Gasteiger partial charge in [-0.25, -0.2) is 4.79 Å². The lowest BCUT2D eigenvalue weighted by Gasteiger charge is -2.18. The second-order valence-corrected chi connectivity index (χ2v) is 8.07. The lowest BCUT2D eigenvalue weighted by molar-refractivity contribution is -0.189. The summed E-state index contributed by atoms with van der Waals surface area (Å²) in [5, 5.41) is 0.421. The van der Waals surface area contributed by atoms with Crippen LogP contribution in [-0.4, -0.2) is 41.7 Å². The van der Waals surface area contributed by atoms with E-state index >= 15 is 0 Å². The van der Waals surface area contributed by atoms with Crippen LogP contribution in [0.25, 0.3) is 0 Å². The van der Waals surface area contributed by atoms with Crippen molar-refractivity contribution in [2.75, 3.05) is 6.61 Å². The number of nitrogens with zero attached hydrogens (tertiary/aromatic N) is 1. The number of imide groups is 1. The third-order valence-electron chi connectivity index (χ3n) is 5.21. The van der Waals surface area contributed by atoms with Gasteiger partial charge < -0.3 is 10.5 Å². The molecule has 0 aromatic heterocycles. The summed E-state index contributed by atoms with van der Waals surface area (Å²) in [5.41, 5.74) is 8.63. The highest BCUT2D eigenvalue weighted by Crippen LogP contribution is 2.32. The molecule has 2 N–H and O–H groups in total. The van der Waals surface area contributed by atoms with Gasteiger partial charge in [0.05, 0.1) is 17.7 Å². The summed E-state index contributed by atoms with van der Waals surface area (Å²) in [6, 6.07) is 8.89. The molecular weight excluding hydrogens is 441 g/mol. The van der Waals surface area contributed by atoms with Crippen LogP contribution in [0.2, 0.25) is 0 Å². The first-order valence-corrected chi connectivity index (χ1v) is 10.2. The molecule has 0 aliphatic carbocycles. The third-order valence-corrected chi connectivity index (χ3v) is 5.21. The van der Waals surface area contributed by atoms with Gasteiger partial charge in [0.25, 0.3) is 11.8 Å². The quantitative estimate of drug-likeness (QED) is 0.381. The average molecular weight is 464 g/mol. The minimum Gasteiger partial charge on any atom is -0.419 e. The summed E-state index contributed by atoms with van der Waals surface area (Å²) in [7, 11) is 0. The summed E-state index contributed by atoms with van der Waals surface area (Å²) in [4.78, 5) is 41.7. The van der Waals surface area contributed by atoms with Gasteiger partial charge in [-0.05, 0) is 48.1 Å². The lowest BCUT2D eigenvalue weighted by atomic mass is 9.95. The number of hydroxylamine groups is 2. The second-order valence-electron chi connectivity index (χ2n) is 8.07. The van der Waals surface area contributed by atoms with Crippen molar-refractivity contribution in [1.29, 1.82) is 0 Å². The number of fused-ring (bicyclic) bond motifs is 1. The van der Waals surface area contributed by atoms with Crippen LogP contribution in [0.3, 0.4) is 0 Å². The van der Waals surface area contributed by atoms with Gasteiger partial charge in [0.1, 0.15) is 5.75 Å². The van der Waals surface area contributed by atoms with Crippen LogP contribution >= 0.6 is 0 Å². The van der Waals surface area contributed by atoms with Gasteiger partial charge in [0.2, 0.25) is 0 Å². The molecule has 0 fully saturated rings. The van der Waals surface area contributed by atoms with Crippen LogP contribution in [-0.2, 0) is 16.1 Å². The van der Waals surface area contributed by atoms with E-state index < -0.39 is 41.3 Å².